The zero-order valence-corrected chi connectivity index (χ0v) is 16.9. The van der Waals surface area contributed by atoms with Crippen LogP contribution < -0.4 is 15.0 Å². The Labute approximate surface area is 170 Å². The van der Waals surface area contributed by atoms with E-state index in [0.29, 0.717) is 18.7 Å². The van der Waals surface area contributed by atoms with E-state index in [-0.39, 0.29) is 12.6 Å². The molecule has 0 spiro atoms. The van der Waals surface area contributed by atoms with E-state index < -0.39 is 6.09 Å². The molecule has 0 aliphatic carbocycles. The second-order valence-corrected chi connectivity index (χ2v) is 7.30. The standard InChI is InChI=1S/C21H28N4O4/c1-22-19(14-25(11-12-26)21(27)28)15-7-9-24(10-8-15)20-6-3-16-13-17(29-2)4-5-18(16)23-20/h3-6,12-13,15,19,22H,7-11,14H2,1-2H3,(H,27,28). The highest BCUT2D eigenvalue weighted by molar-refractivity contribution is 5.81. The van der Waals surface area contributed by atoms with Crippen molar-refractivity contribution in [2.24, 2.45) is 5.92 Å². The Kier molecular flexibility index (Phi) is 6.87. The van der Waals surface area contributed by atoms with E-state index in [1.54, 1.807) is 7.11 Å². The number of anilines is 1. The number of carboxylic acid groups (broad SMARTS) is 1. The van der Waals surface area contributed by atoms with Crippen molar-refractivity contribution in [1.29, 1.82) is 0 Å². The van der Waals surface area contributed by atoms with Crippen molar-refractivity contribution in [1.82, 2.24) is 15.2 Å². The highest BCUT2D eigenvalue weighted by atomic mass is 16.5. The highest BCUT2D eigenvalue weighted by Gasteiger charge is 2.28. The van der Waals surface area contributed by atoms with Crippen molar-refractivity contribution in [3.8, 4) is 5.75 Å². The second-order valence-electron chi connectivity index (χ2n) is 7.30. The number of nitrogens with zero attached hydrogens (tertiary/aromatic N) is 3. The van der Waals surface area contributed by atoms with E-state index in [4.69, 9.17) is 9.72 Å². The van der Waals surface area contributed by atoms with Crippen molar-refractivity contribution in [2.75, 3.05) is 45.2 Å². The minimum absolute atomic E-state index is 0.0187. The molecule has 1 amide bonds. The summed E-state index contributed by atoms with van der Waals surface area (Å²) in [6.45, 7) is 1.93. The van der Waals surface area contributed by atoms with Crippen LogP contribution >= 0.6 is 0 Å². The van der Waals surface area contributed by atoms with Crippen molar-refractivity contribution in [3.05, 3.63) is 30.3 Å². The maximum Gasteiger partial charge on any atom is 0.407 e. The molecular weight excluding hydrogens is 372 g/mol. The van der Waals surface area contributed by atoms with Gasteiger partial charge >= 0.3 is 6.09 Å². The van der Waals surface area contributed by atoms with Crippen LogP contribution in [0, 0.1) is 5.92 Å². The van der Waals surface area contributed by atoms with Gasteiger partial charge in [-0.05, 0) is 56.1 Å². The molecule has 0 radical (unpaired) electrons. The molecule has 1 saturated heterocycles. The van der Waals surface area contributed by atoms with Gasteiger partial charge < -0.3 is 24.9 Å². The number of aldehydes is 1. The number of benzene rings is 1. The largest absolute Gasteiger partial charge is 0.497 e. The summed E-state index contributed by atoms with van der Waals surface area (Å²) in [5.74, 6) is 2.11. The zero-order valence-electron chi connectivity index (χ0n) is 16.9. The molecule has 1 fully saturated rings. The monoisotopic (exact) mass is 400 g/mol. The van der Waals surface area contributed by atoms with E-state index in [9.17, 15) is 14.7 Å². The Hall–Kier alpha value is -2.87. The number of methoxy groups -OCH3 is 1. The van der Waals surface area contributed by atoms with Crippen LogP contribution in [0.15, 0.2) is 30.3 Å². The van der Waals surface area contributed by atoms with Crippen LogP contribution in [0.1, 0.15) is 12.8 Å². The molecule has 1 aliphatic heterocycles. The predicted molar refractivity (Wildman–Crippen MR) is 112 cm³/mol. The fourth-order valence-corrected chi connectivity index (χ4v) is 3.96. The fraction of sp³-hybridized carbons (Fsp3) is 0.476. The SMILES string of the molecule is CNC(CN(CC=O)C(=O)O)C1CCN(c2ccc3cc(OC)ccc3n2)CC1. The van der Waals surface area contributed by atoms with Crippen LogP contribution in [0.3, 0.4) is 0 Å². The Morgan fingerprint density at radius 3 is 2.76 bits per heavy atom. The van der Waals surface area contributed by atoms with Crippen molar-refractivity contribution in [3.63, 3.8) is 0 Å². The maximum absolute atomic E-state index is 11.3. The summed E-state index contributed by atoms with van der Waals surface area (Å²) >= 11 is 0. The number of nitrogens with one attached hydrogen (secondary N) is 1. The number of aromatic nitrogens is 1. The molecule has 1 aromatic carbocycles. The molecule has 29 heavy (non-hydrogen) atoms. The molecular formula is C21H28N4O4. The molecule has 8 heteroatoms. The van der Waals surface area contributed by atoms with Gasteiger partial charge in [-0.1, -0.05) is 0 Å². The molecule has 2 aromatic rings. The van der Waals surface area contributed by atoms with Gasteiger partial charge in [0.2, 0.25) is 0 Å². The second kappa shape index (κ2) is 9.56. The molecule has 2 N–H and O–H groups in total. The lowest BCUT2D eigenvalue weighted by atomic mass is 9.89. The molecule has 1 aromatic heterocycles. The molecule has 1 unspecified atom stereocenters. The van der Waals surface area contributed by atoms with Crippen molar-refractivity contribution >= 4 is 29.1 Å². The first-order valence-electron chi connectivity index (χ1n) is 9.84. The Balaban J connectivity index is 1.63. The molecule has 3 rings (SSSR count). The average Bonchev–Trinajstić information content (AvgIpc) is 2.76. The van der Waals surface area contributed by atoms with Gasteiger partial charge in [0, 0.05) is 31.1 Å². The number of rotatable bonds is 8. The first kappa shape index (κ1) is 20.9. The van der Waals surface area contributed by atoms with E-state index in [1.165, 1.54) is 4.90 Å². The van der Waals surface area contributed by atoms with Crippen molar-refractivity contribution in [2.45, 2.75) is 18.9 Å². The average molecular weight is 400 g/mol. The van der Waals surface area contributed by atoms with Gasteiger partial charge in [-0.2, -0.15) is 0 Å². The van der Waals surface area contributed by atoms with E-state index in [1.807, 2.05) is 31.3 Å². The minimum atomic E-state index is -1.06. The Morgan fingerprint density at radius 2 is 2.14 bits per heavy atom. The number of hydrogen-bond donors (Lipinski definition) is 2. The van der Waals surface area contributed by atoms with Gasteiger partial charge in [0.25, 0.3) is 0 Å². The van der Waals surface area contributed by atoms with Crippen molar-refractivity contribution < 1.29 is 19.4 Å². The number of amides is 1. The minimum Gasteiger partial charge on any atom is -0.497 e. The van der Waals surface area contributed by atoms with Gasteiger partial charge in [0.05, 0.1) is 19.2 Å². The van der Waals surface area contributed by atoms with Crippen LogP contribution in [-0.2, 0) is 4.79 Å². The van der Waals surface area contributed by atoms with Crippen LogP contribution in [0.2, 0.25) is 0 Å². The number of carbonyl (C=O) groups excluding carboxylic acids is 1. The van der Waals surface area contributed by atoms with E-state index >= 15 is 0 Å². The lowest BCUT2D eigenvalue weighted by molar-refractivity contribution is -0.108. The number of piperidine rings is 1. The topological polar surface area (TPSA) is 95.0 Å². The fourth-order valence-electron chi connectivity index (χ4n) is 3.96. The lowest BCUT2D eigenvalue weighted by Crippen LogP contribution is -2.49. The summed E-state index contributed by atoms with van der Waals surface area (Å²) < 4.78 is 5.27. The van der Waals surface area contributed by atoms with Crippen LogP contribution in [0.4, 0.5) is 10.6 Å². The first-order valence-corrected chi connectivity index (χ1v) is 9.84. The number of fused-ring (bicyclic) bond motifs is 1. The lowest BCUT2D eigenvalue weighted by Gasteiger charge is -2.37. The zero-order chi connectivity index (χ0) is 20.8. The van der Waals surface area contributed by atoms with Gasteiger partial charge in [-0.15, -0.1) is 0 Å². The number of pyridine rings is 1. The number of hydrogen-bond acceptors (Lipinski definition) is 6. The van der Waals surface area contributed by atoms with Gasteiger partial charge in [-0.3, -0.25) is 4.90 Å². The summed E-state index contributed by atoms with van der Waals surface area (Å²) in [5.41, 5.74) is 0.935. The summed E-state index contributed by atoms with van der Waals surface area (Å²) in [4.78, 5) is 30.3. The number of likely N-dealkylation sites (N-methyl/N-ethyl adjacent to an activating group) is 1. The third-order valence-corrected chi connectivity index (χ3v) is 5.67. The third-order valence-electron chi connectivity index (χ3n) is 5.67. The summed E-state index contributed by atoms with van der Waals surface area (Å²) in [6.07, 6.45) is 1.43. The predicted octanol–water partition coefficient (Wildman–Crippen LogP) is 2.23. The molecule has 0 bridgehead atoms. The molecule has 0 saturated carbocycles. The van der Waals surface area contributed by atoms with Gasteiger partial charge in [0.1, 0.15) is 17.9 Å². The van der Waals surface area contributed by atoms with Gasteiger partial charge in [0.15, 0.2) is 0 Å². The smallest absolute Gasteiger partial charge is 0.407 e. The summed E-state index contributed by atoms with van der Waals surface area (Å²) in [6, 6.07) is 9.97. The van der Waals surface area contributed by atoms with Crippen LogP contribution in [0.25, 0.3) is 10.9 Å². The summed E-state index contributed by atoms with van der Waals surface area (Å²) in [5, 5.41) is 13.6. The van der Waals surface area contributed by atoms with E-state index in [0.717, 1.165) is 48.4 Å². The third kappa shape index (κ3) is 4.95. The number of carbonyl (C=O) groups is 2. The Morgan fingerprint density at radius 1 is 1.38 bits per heavy atom. The molecule has 8 nitrogen and oxygen atoms in total. The highest BCUT2D eigenvalue weighted by Crippen LogP contribution is 2.27. The molecule has 1 atom stereocenters. The van der Waals surface area contributed by atoms with E-state index in [2.05, 4.69) is 16.3 Å². The first-order chi connectivity index (χ1) is 14.0. The summed E-state index contributed by atoms with van der Waals surface area (Å²) in [7, 11) is 3.50. The normalized spacial score (nSPS) is 15.9. The maximum atomic E-state index is 11.3. The molecule has 156 valence electrons. The quantitative estimate of drug-likeness (QED) is 0.656. The van der Waals surface area contributed by atoms with Crippen LogP contribution in [-0.4, -0.2) is 73.7 Å². The van der Waals surface area contributed by atoms with Crippen LogP contribution in [0.5, 0.6) is 5.75 Å². The molecule has 2 heterocycles. The van der Waals surface area contributed by atoms with Gasteiger partial charge in [-0.25, -0.2) is 9.78 Å². The Bertz CT molecular complexity index is 852. The number of ether oxygens (including phenoxy) is 1. The molecule has 1 aliphatic rings.